The molecular weight excluding hydrogens is 304 g/mol. The van der Waals surface area contributed by atoms with Crippen molar-refractivity contribution in [3.8, 4) is 11.5 Å². The number of nitrogens with zero attached hydrogens (tertiary/aromatic N) is 1. The van der Waals surface area contributed by atoms with E-state index < -0.39 is 0 Å². The van der Waals surface area contributed by atoms with Gasteiger partial charge < -0.3 is 19.7 Å². The van der Waals surface area contributed by atoms with Gasteiger partial charge in [0.25, 0.3) is 0 Å². The number of carbonyl (C=O) groups excluding carboxylic acids is 1. The molecule has 5 nitrogen and oxygen atoms in total. The summed E-state index contributed by atoms with van der Waals surface area (Å²) in [5.41, 5.74) is 1.02. The van der Waals surface area contributed by atoms with Gasteiger partial charge >= 0.3 is 0 Å². The van der Waals surface area contributed by atoms with Crippen LogP contribution in [0.15, 0.2) is 18.2 Å². The third-order valence-electron chi connectivity index (χ3n) is 4.76. The Morgan fingerprint density at radius 1 is 1.25 bits per heavy atom. The Hall–Kier alpha value is -1.75. The van der Waals surface area contributed by atoms with Crippen molar-refractivity contribution in [3.63, 3.8) is 0 Å². The maximum absolute atomic E-state index is 12.5. The van der Waals surface area contributed by atoms with Gasteiger partial charge in [-0.2, -0.15) is 0 Å². The molecule has 0 aromatic heterocycles. The van der Waals surface area contributed by atoms with E-state index in [1.54, 1.807) is 14.2 Å². The Morgan fingerprint density at radius 3 is 2.50 bits per heavy atom. The second-order valence-corrected chi connectivity index (χ2v) is 6.46. The first-order valence-corrected chi connectivity index (χ1v) is 8.83. The summed E-state index contributed by atoms with van der Waals surface area (Å²) in [4.78, 5) is 15.0. The number of benzene rings is 1. The van der Waals surface area contributed by atoms with Gasteiger partial charge in [-0.05, 0) is 63.5 Å². The van der Waals surface area contributed by atoms with Crippen LogP contribution in [0.5, 0.6) is 11.5 Å². The lowest BCUT2D eigenvalue weighted by molar-refractivity contribution is -0.127. The highest BCUT2D eigenvalue weighted by Crippen LogP contribution is 2.30. The first-order chi connectivity index (χ1) is 11.6. The summed E-state index contributed by atoms with van der Waals surface area (Å²) in [5.74, 6) is 1.67. The van der Waals surface area contributed by atoms with Gasteiger partial charge in [0.2, 0.25) is 5.91 Å². The largest absolute Gasteiger partial charge is 0.493 e. The van der Waals surface area contributed by atoms with Crippen molar-refractivity contribution in [2.24, 2.45) is 5.92 Å². The standard InChI is InChI=1S/C19H30N2O3/c1-5-10-21-11-8-15(9-12-21)19(22)20-14(2)16-6-7-17(23-3)18(13-16)24-4/h6-7,13-15H,5,8-12H2,1-4H3,(H,20,22). The van der Waals surface area contributed by atoms with Gasteiger partial charge in [-0.15, -0.1) is 0 Å². The minimum absolute atomic E-state index is 0.0500. The Labute approximate surface area is 145 Å². The number of ether oxygens (including phenoxy) is 2. The molecule has 134 valence electrons. The van der Waals surface area contributed by atoms with Gasteiger partial charge in [-0.25, -0.2) is 0 Å². The van der Waals surface area contributed by atoms with Crippen LogP contribution in [0.25, 0.3) is 0 Å². The summed E-state index contributed by atoms with van der Waals surface area (Å²) >= 11 is 0. The van der Waals surface area contributed by atoms with Crippen molar-refractivity contribution in [1.29, 1.82) is 0 Å². The van der Waals surface area contributed by atoms with Crippen LogP contribution in [0.4, 0.5) is 0 Å². The van der Waals surface area contributed by atoms with Gasteiger partial charge in [-0.3, -0.25) is 4.79 Å². The van der Waals surface area contributed by atoms with E-state index in [9.17, 15) is 4.79 Å². The normalized spacial score (nSPS) is 17.3. The number of rotatable bonds is 7. The van der Waals surface area contributed by atoms with E-state index in [0.717, 1.165) is 38.0 Å². The highest BCUT2D eigenvalue weighted by Gasteiger charge is 2.25. The fourth-order valence-corrected chi connectivity index (χ4v) is 3.27. The van der Waals surface area contributed by atoms with Crippen LogP contribution in [0.2, 0.25) is 0 Å². The summed E-state index contributed by atoms with van der Waals surface area (Å²) in [7, 11) is 3.24. The molecule has 1 aromatic carbocycles. The third-order valence-corrected chi connectivity index (χ3v) is 4.76. The van der Waals surface area contributed by atoms with Gasteiger partial charge in [0, 0.05) is 5.92 Å². The van der Waals surface area contributed by atoms with Crippen LogP contribution in [0.3, 0.4) is 0 Å². The van der Waals surface area contributed by atoms with Crippen LogP contribution in [-0.4, -0.2) is 44.7 Å². The number of methoxy groups -OCH3 is 2. The smallest absolute Gasteiger partial charge is 0.223 e. The van der Waals surface area contributed by atoms with Crippen LogP contribution < -0.4 is 14.8 Å². The number of nitrogens with one attached hydrogen (secondary N) is 1. The van der Waals surface area contributed by atoms with E-state index in [1.165, 1.54) is 6.42 Å². The molecule has 0 aliphatic carbocycles. The summed E-state index contributed by atoms with van der Waals surface area (Å²) in [5, 5.41) is 3.15. The second kappa shape index (κ2) is 8.92. The molecule has 1 aliphatic rings. The SMILES string of the molecule is CCCN1CCC(C(=O)NC(C)c2ccc(OC)c(OC)c2)CC1. The van der Waals surface area contributed by atoms with E-state index in [1.807, 2.05) is 25.1 Å². The average Bonchev–Trinajstić information content (AvgIpc) is 2.61. The predicted molar refractivity (Wildman–Crippen MR) is 95.6 cm³/mol. The number of amides is 1. The fourth-order valence-electron chi connectivity index (χ4n) is 3.27. The van der Waals surface area contributed by atoms with Gasteiger partial charge in [0.05, 0.1) is 20.3 Å². The zero-order valence-electron chi connectivity index (χ0n) is 15.3. The summed E-state index contributed by atoms with van der Waals surface area (Å²) in [6.45, 7) is 7.39. The topological polar surface area (TPSA) is 50.8 Å². The molecule has 0 spiro atoms. The molecule has 0 radical (unpaired) electrons. The van der Waals surface area contributed by atoms with Crippen LogP contribution in [0.1, 0.15) is 44.7 Å². The zero-order chi connectivity index (χ0) is 17.5. The summed E-state index contributed by atoms with van der Waals surface area (Å²) in [6.07, 6.45) is 3.07. The van der Waals surface area contributed by atoms with E-state index >= 15 is 0 Å². The third kappa shape index (κ3) is 4.63. The molecule has 1 unspecified atom stereocenters. The molecule has 1 saturated heterocycles. The summed E-state index contributed by atoms with van der Waals surface area (Å²) in [6, 6.07) is 5.72. The van der Waals surface area contributed by atoms with Crippen molar-refractivity contribution in [2.45, 2.75) is 39.2 Å². The Morgan fingerprint density at radius 2 is 1.92 bits per heavy atom. The number of hydrogen-bond acceptors (Lipinski definition) is 4. The molecule has 1 heterocycles. The molecule has 1 aliphatic heterocycles. The number of hydrogen-bond donors (Lipinski definition) is 1. The molecule has 1 aromatic rings. The molecule has 5 heteroatoms. The lowest BCUT2D eigenvalue weighted by Gasteiger charge is -2.31. The highest BCUT2D eigenvalue weighted by atomic mass is 16.5. The van der Waals surface area contributed by atoms with Crippen molar-refractivity contribution in [3.05, 3.63) is 23.8 Å². The quantitative estimate of drug-likeness (QED) is 0.833. The van der Waals surface area contributed by atoms with Crippen molar-refractivity contribution in [2.75, 3.05) is 33.9 Å². The minimum atomic E-state index is -0.0500. The molecule has 24 heavy (non-hydrogen) atoms. The Balaban J connectivity index is 1.92. The van der Waals surface area contributed by atoms with Crippen LogP contribution >= 0.6 is 0 Å². The van der Waals surface area contributed by atoms with Crippen molar-refractivity contribution >= 4 is 5.91 Å². The number of likely N-dealkylation sites (tertiary alicyclic amines) is 1. The average molecular weight is 334 g/mol. The first-order valence-electron chi connectivity index (χ1n) is 8.83. The van der Waals surface area contributed by atoms with E-state index in [-0.39, 0.29) is 17.9 Å². The fraction of sp³-hybridized carbons (Fsp3) is 0.632. The lowest BCUT2D eigenvalue weighted by atomic mass is 9.95. The summed E-state index contributed by atoms with van der Waals surface area (Å²) < 4.78 is 10.6. The number of piperidine rings is 1. The van der Waals surface area contributed by atoms with E-state index in [4.69, 9.17) is 9.47 Å². The molecule has 1 fully saturated rings. The van der Waals surface area contributed by atoms with Crippen molar-refractivity contribution in [1.82, 2.24) is 10.2 Å². The second-order valence-electron chi connectivity index (χ2n) is 6.46. The minimum Gasteiger partial charge on any atom is -0.493 e. The predicted octanol–water partition coefficient (Wildman–Crippen LogP) is 3.00. The monoisotopic (exact) mass is 334 g/mol. The molecule has 1 amide bonds. The molecule has 0 bridgehead atoms. The highest BCUT2D eigenvalue weighted by molar-refractivity contribution is 5.79. The maximum atomic E-state index is 12.5. The maximum Gasteiger partial charge on any atom is 0.223 e. The zero-order valence-corrected chi connectivity index (χ0v) is 15.3. The van der Waals surface area contributed by atoms with Crippen LogP contribution in [-0.2, 0) is 4.79 Å². The Bertz CT molecular complexity index is 539. The van der Waals surface area contributed by atoms with Gasteiger partial charge in [0.1, 0.15) is 0 Å². The van der Waals surface area contributed by atoms with Gasteiger partial charge in [0.15, 0.2) is 11.5 Å². The van der Waals surface area contributed by atoms with E-state index in [2.05, 4.69) is 17.1 Å². The molecule has 1 N–H and O–H groups in total. The molecule has 0 saturated carbocycles. The van der Waals surface area contributed by atoms with Crippen molar-refractivity contribution < 1.29 is 14.3 Å². The molecule has 2 rings (SSSR count). The van der Waals surface area contributed by atoms with Gasteiger partial charge in [-0.1, -0.05) is 13.0 Å². The number of carbonyl (C=O) groups is 1. The first kappa shape index (κ1) is 18.6. The lowest BCUT2D eigenvalue weighted by Crippen LogP contribution is -2.41. The Kier molecular flexibility index (Phi) is 6.91. The van der Waals surface area contributed by atoms with E-state index in [0.29, 0.717) is 11.5 Å². The molecule has 1 atom stereocenters. The molecular formula is C19H30N2O3. The van der Waals surface area contributed by atoms with Crippen LogP contribution in [0, 0.1) is 5.92 Å².